The molecule has 0 spiro atoms. The Morgan fingerprint density at radius 1 is 0.903 bits per heavy atom. The van der Waals surface area contributed by atoms with Gasteiger partial charge in [-0.25, -0.2) is 14.2 Å². The lowest BCUT2D eigenvalue weighted by Crippen LogP contribution is -2.19. The van der Waals surface area contributed by atoms with E-state index in [2.05, 4.69) is 10.5 Å². The zero-order chi connectivity index (χ0) is 21.6. The minimum atomic E-state index is -0.650. The van der Waals surface area contributed by atoms with Gasteiger partial charge in [0.1, 0.15) is 24.0 Å². The predicted octanol–water partition coefficient (Wildman–Crippen LogP) is 5.46. The van der Waals surface area contributed by atoms with Gasteiger partial charge in [0, 0.05) is 5.56 Å². The number of nitrogens with one attached hydrogen (secondary N) is 1. The fourth-order valence-corrected chi connectivity index (χ4v) is 3.14. The first-order chi connectivity index (χ1) is 15.1. The lowest BCUT2D eigenvalue weighted by Gasteiger charge is -2.12. The lowest BCUT2D eigenvalue weighted by molar-refractivity contribution is 0.0951. The van der Waals surface area contributed by atoms with Gasteiger partial charge in [-0.3, -0.25) is 4.79 Å². The van der Waals surface area contributed by atoms with E-state index in [4.69, 9.17) is 4.74 Å². The molecule has 0 aliphatic rings. The molecule has 0 fully saturated rings. The molecule has 0 saturated carbocycles. The molecule has 0 unspecified atom stereocenters. The van der Waals surface area contributed by atoms with E-state index in [-0.39, 0.29) is 18.0 Å². The van der Waals surface area contributed by atoms with Gasteiger partial charge in [0.25, 0.3) is 5.91 Å². The van der Waals surface area contributed by atoms with Crippen LogP contribution in [0.5, 0.6) is 5.75 Å². The molecular weight excluding hydrogens is 398 g/mol. The average molecular weight is 416 g/mol. The SMILES string of the molecule is O=C(N/N=C\c1c(OCc2ccc(F)cc2)ccc2ccccc12)c1ccccc1F. The van der Waals surface area contributed by atoms with Gasteiger partial charge in [0.2, 0.25) is 0 Å². The number of nitrogens with zero attached hydrogens (tertiary/aromatic N) is 1. The van der Waals surface area contributed by atoms with Crippen LogP contribution in [0.3, 0.4) is 0 Å². The van der Waals surface area contributed by atoms with Crippen molar-refractivity contribution in [2.45, 2.75) is 6.61 Å². The third-order valence-corrected chi connectivity index (χ3v) is 4.72. The molecule has 0 radical (unpaired) electrons. The number of hydrazone groups is 1. The van der Waals surface area contributed by atoms with Crippen molar-refractivity contribution in [1.29, 1.82) is 0 Å². The van der Waals surface area contributed by atoms with Crippen LogP contribution in [-0.2, 0) is 6.61 Å². The van der Waals surface area contributed by atoms with E-state index in [0.29, 0.717) is 11.3 Å². The molecule has 154 valence electrons. The van der Waals surface area contributed by atoms with Gasteiger partial charge in [-0.15, -0.1) is 0 Å². The number of carbonyl (C=O) groups excluding carboxylic acids is 1. The number of hydrogen-bond acceptors (Lipinski definition) is 3. The van der Waals surface area contributed by atoms with Crippen LogP contribution in [-0.4, -0.2) is 12.1 Å². The maximum atomic E-state index is 13.8. The Morgan fingerprint density at radius 3 is 2.45 bits per heavy atom. The van der Waals surface area contributed by atoms with Crippen LogP contribution < -0.4 is 10.2 Å². The molecule has 0 aliphatic heterocycles. The topological polar surface area (TPSA) is 50.7 Å². The highest BCUT2D eigenvalue weighted by molar-refractivity contribution is 6.03. The van der Waals surface area contributed by atoms with Crippen molar-refractivity contribution in [2.24, 2.45) is 5.10 Å². The fourth-order valence-electron chi connectivity index (χ4n) is 3.14. The second kappa shape index (κ2) is 9.17. The number of amides is 1. The van der Waals surface area contributed by atoms with Crippen molar-refractivity contribution in [2.75, 3.05) is 0 Å². The number of hydrogen-bond donors (Lipinski definition) is 1. The number of ether oxygens (including phenoxy) is 1. The van der Waals surface area contributed by atoms with Gasteiger partial charge in [-0.1, -0.05) is 54.6 Å². The zero-order valence-corrected chi connectivity index (χ0v) is 16.4. The van der Waals surface area contributed by atoms with Crippen LogP contribution in [0.1, 0.15) is 21.5 Å². The monoisotopic (exact) mass is 416 g/mol. The summed E-state index contributed by atoms with van der Waals surface area (Å²) in [4.78, 5) is 12.2. The van der Waals surface area contributed by atoms with Crippen LogP contribution in [0.4, 0.5) is 8.78 Å². The summed E-state index contributed by atoms with van der Waals surface area (Å²) in [6.45, 7) is 0.237. The summed E-state index contributed by atoms with van der Waals surface area (Å²) >= 11 is 0. The van der Waals surface area contributed by atoms with E-state index in [1.807, 2.05) is 36.4 Å². The number of carbonyl (C=O) groups is 1. The highest BCUT2D eigenvalue weighted by atomic mass is 19.1. The maximum Gasteiger partial charge on any atom is 0.274 e. The van der Waals surface area contributed by atoms with Crippen LogP contribution in [0.25, 0.3) is 10.8 Å². The van der Waals surface area contributed by atoms with Gasteiger partial charge >= 0.3 is 0 Å². The number of halogens is 2. The summed E-state index contributed by atoms with van der Waals surface area (Å²) in [5.74, 6) is -1.04. The minimum absolute atomic E-state index is 0.0923. The highest BCUT2D eigenvalue weighted by Crippen LogP contribution is 2.27. The summed E-state index contributed by atoms with van der Waals surface area (Å²) in [6.07, 6.45) is 1.47. The molecule has 0 heterocycles. The standard InChI is InChI=1S/C25H18F2N2O2/c26-19-12-9-17(10-13-19)16-31-24-14-11-18-5-1-2-6-20(18)22(24)15-28-29-25(30)21-7-3-4-8-23(21)27/h1-15H,16H2,(H,29,30)/b28-15-. The Morgan fingerprint density at radius 2 is 1.65 bits per heavy atom. The van der Waals surface area contributed by atoms with Gasteiger partial charge in [-0.2, -0.15) is 5.10 Å². The van der Waals surface area contributed by atoms with E-state index >= 15 is 0 Å². The lowest BCUT2D eigenvalue weighted by atomic mass is 10.0. The largest absolute Gasteiger partial charge is 0.488 e. The fraction of sp³-hybridized carbons (Fsp3) is 0.0400. The van der Waals surface area contributed by atoms with E-state index in [0.717, 1.165) is 16.3 Å². The maximum absolute atomic E-state index is 13.8. The molecule has 0 aliphatic carbocycles. The molecule has 0 saturated heterocycles. The third-order valence-electron chi connectivity index (χ3n) is 4.72. The van der Waals surface area contributed by atoms with E-state index in [9.17, 15) is 13.6 Å². The molecular formula is C25H18F2N2O2. The summed E-state index contributed by atoms with van der Waals surface area (Å²) < 4.78 is 32.9. The number of fused-ring (bicyclic) bond motifs is 1. The van der Waals surface area contributed by atoms with Gasteiger partial charge < -0.3 is 4.74 Å². The van der Waals surface area contributed by atoms with Gasteiger partial charge in [0.05, 0.1) is 11.8 Å². The van der Waals surface area contributed by atoms with E-state index in [1.54, 1.807) is 18.2 Å². The normalized spacial score (nSPS) is 11.0. The van der Waals surface area contributed by atoms with Crippen molar-refractivity contribution in [1.82, 2.24) is 5.43 Å². The Kier molecular flexibility index (Phi) is 5.98. The zero-order valence-electron chi connectivity index (χ0n) is 16.4. The smallest absolute Gasteiger partial charge is 0.274 e. The molecule has 4 nitrogen and oxygen atoms in total. The van der Waals surface area contributed by atoms with Gasteiger partial charge in [-0.05, 0) is 46.7 Å². The van der Waals surface area contributed by atoms with Crippen LogP contribution in [0.2, 0.25) is 0 Å². The predicted molar refractivity (Wildman–Crippen MR) is 116 cm³/mol. The molecule has 4 rings (SSSR count). The number of rotatable bonds is 6. The Bertz CT molecular complexity index is 1250. The first-order valence-electron chi connectivity index (χ1n) is 9.59. The second-order valence-electron chi connectivity index (χ2n) is 6.79. The molecule has 0 atom stereocenters. The highest BCUT2D eigenvalue weighted by Gasteiger charge is 2.11. The quantitative estimate of drug-likeness (QED) is 0.335. The first-order valence-corrected chi connectivity index (χ1v) is 9.59. The average Bonchev–Trinajstić information content (AvgIpc) is 2.79. The molecule has 4 aromatic carbocycles. The molecule has 4 aromatic rings. The van der Waals surface area contributed by atoms with Crippen LogP contribution >= 0.6 is 0 Å². The first kappa shape index (κ1) is 20.2. The molecule has 6 heteroatoms. The summed E-state index contributed by atoms with van der Waals surface area (Å²) in [7, 11) is 0. The molecule has 0 bridgehead atoms. The van der Waals surface area contributed by atoms with Crippen molar-refractivity contribution in [3.63, 3.8) is 0 Å². The molecule has 1 N–H and O–H groups in total. The van der Waals surface area contributed by atoms with Gasteiger partial charge in [0.15, 0.2) is 0 Å². The summed E-state index contributed by atoms with van der Waals surface area (Å²) in [5.41, 5.74) is 3.73. The Labute approximate surface area is 177 Å². The van der Waals surface area contributed by atoms with Crippen LogP contribution in [0.15, 0.2) is 90.0 Å². The Balaban J connectivity index is 1.59. The van der Waals surface area contributed by atoms with Crippen molar-refractivity contribution in [3.8, 4) is 5.75 Å². The second-order valence-corrected chi connectivity index (χ2v) is 6.79. The number of benzene rings is 4. The summed E-state index contributed by atoms with van der Waals surface area (Å²) in [6, 6.07) is 23.1. The van der Waals surface area contributed by atoms with E-state index < -0.39 is 11.7 Å². The molecule has 1 amide bonds. The molecule has 0 aromatic heterocycles. The van der Waals surface area contributed by atoms with Crippen molar-refractivity contribution in [3.05, 3.63) is 113 Å². The molecule has 31 heavy (non-hydrogen) atoms. The van der Waals surface area contributed by atoms with Crippen LogP contribution in [0, 0.1) is 11.6 Å². The Hall–Kier alpha value is -4.06. The minimum Gasteiger partial charge on any atom is -0.488 e. The van der Waals surface area contributed by atoms with E-state index in [1.165, 1.54) is 36.5 Å². The third kappa shape index (κ3) is 4.75. The summed E-state index contributed by atoms with van der Waals surface area (Å²) in [5, 5.41) is 5.86. The van der Waals surface area contributed by atoms with Crippen molar-refractivity contribution < 1.29 is 18.3 Å². The van der Waals surface area contributed by atoms with Crippen molar-refractivity contribution >= 4 is 22.9 Å².